The summed E-state index contributed by atoms with van der Waals surface area (Å²) in [6.07, 6.45) is 4.66. The highest BCUT2D eigenvalue weighted by Crippen LogP contribution is 2.27. The molecule has 2 aliphatic heterocycles. The lowest BCUT2D eigenvalue weighted by Crippen LogP contribution is -2.58. The van der Waals surface area contributed by atoms with E-state index >= 15 is 0 Å². The van der Waals surface area contributed by atoms with E-state index in [1.165, 1.54) is 6.92 Å². The van der Waals surface area contributed by atoms with Crippen molar-refractivity contribution in [2.24, 2.45) is 7.05 Å². The molecule has 1 N–H and O–H groups in total. The highest BCUT2D eigenvalue weighted by atomic mass is 16.2. The van der Waals surface area contributed by atoms with Crippen LogP contribution in [0.25, 0.3) is 0 Å². The standard InChI is InChI=1S/C15H23N5O2/c1-10-15(22)20-8-13(17-11(2)21)4-14(20)9-19(10)7-12-5-16-18(3)6-12/h5-6,10,13-14H,4,7-9H2,1-3H3,(H,17,21)/t10-,13-,14-/m0/s1. The molecule has 2 fully saturated rings. The van der Waals surface area contributed by atoms with Crippen LogP contribution in [0.3, 0.4) is 0 Å². The molecular formula is C15H23N5O2. The maximum atomic E-state index is 12.6. The van der Waals surface area contributed by atoms with Gasteiger partial charge < -0.3 is 10.2 Å². The van der Waals surface area contributed by atoms with Crippen LogP contribution in [-0.2, 0) is 23.2 Å². The lowest BCUT2D eigenvalue weighted by atomic mass is 10.1. The third-order valence-corrected chi connectivity index (χ3v) is 4.60. The highest BCUT2D eigenvalue weighted by molar-refractivity contribution is 5.83. The number of hydrogen-bond donors (Lipinski definition) is 1. The summed E-state index contributed by atoms with van der Waals surface area (Å²) in [4.78, 5) is 28.0. The molecule has 0 bridgehead atoms. The minimum atomic E-state index is -0.132. The van der Waals surface area contributed by atoms with E-state index in [2.05, 4.69) is 15.3 Å². The van der Waals surface area contributed by atoms with E-state index in [-0.39, 0.29) is 29.9 Å². The summed E-state index contributed by atoms with van der Waals surface area (Å²) < 4.78 is 1.78. The third kappa shape index (κ3) is 2.85. The second-order valence-corrected chi connectivity index (χ2v) is 6.41. The molecule has 2 amide bonds. The minimum absolute atomic E-state index is 0.0300. The topological polar surface area (TPSA) is 70.5 Å². The van der Waals surface area contributed by atoms with E-state index in [4.69, 9.17) is 0 Å². The van der Waals surface area contributed by atoms with Gasteiger partial charge in [-0.25, -0.2) is 0 Å². The summed E-state index contributed by atoms with van der Waals surface area (Å²) in [5, 5.41) is 7.12. The van der Waals surface area contributed by atoms with Crippen LogP contribution in [0.5, 0.6) is 0 Å². The number of amides is 2. The molecule has 0 unspecified atom stereocenters. The van der Waals surface area contributed by atoms with Crippen LogP contribution in [-0.4, -0.2) is 62.6 Å². The molecule has 22 heavy (non-hydrogen) atoms. The van der Waals surface area contributed by atoms with Gasteiger partial charge in [0.2, 0.25) is 11.8 Å². The number of fused-ring (bicyclic) bond motifs is 1. The van der Waals surface area contributed by atoms with Gasteiger partial charge in [-0.1, -0.05) is 0 Å². The van der Waals surface area contributed by atoms with Crippen LogP contribution in [0.15, 0.2) is 12.4 Å². The van der Waals surface area contributed by atoms with Crippen LogP contribution in [0, 0.1) is 0 Å². The van der Waals surface area contributed by atoms with Gasteiger partial charge in [-0.3, -0.25) is 19.2 Å². The average Bonchev–Trinajstić information content (AvgIpc) is 3.01. The normalized spacial score (nSPS) is 28.8. The molecule has 7 heteroatoms. The number of nitrogens with one attached hydrogen (secondary N) is 1. The molecule has 2 saturated heterocycles. The zero-order chi connectivity index (χ0) is 15.9. The number of carbonyl (C=O) groups excluding carboxylic acids is 2. The van der Waals surface area contributed by atoms with Crippen molar-refractivity contribution in [3.63, 3.8) is 0 Å². The predicted octanol–water partition coefficient (Wildman–Crippen LogP) is -0.270. The van der Waals surface area contributed by atoms with E-state index < -0.39 is 0 Å². The van der Waals surface area contributed by atoms with Crippen molar-refractivity contribution in [1.29, 1.82) is 0 Å². The Balaban J connectivity index is 1.69. The summed E-state index contributed by atoms with van der Waals surface area (Å²) in [6, 6.07) is 0.141. The Kier molecular flexibility index (Phi) is 3.90. The number of rotatable bonds is 3. The largest absolute Gasteiger partial charge is 0.352 e. The van der Waals surface area contributed by atoms with E-state index in [9.17, 15) is 9.59 Å². The molecule has 120 valence electrons. The molecule has 3 atom stereocenters. The first-order valence-electron chi connectivity index (χ1n) is 7.73. The Morgan fingerprint density at radius 2 is 2.23 bits per heavy atom. The number of nitrogens with zero attached hydrogens (tertiary/aromatic N) is 4. The van der Waals surface area contributed by atoms with Crippen LogP contribution in [0.2, 0.25) is 0 Å². The second kappa shape index (κ2) is 5.72. The Morgan fingerprint density at radius 1 is 1.45 bits per heavy atom. The van der Waals surface area contributed by atoms with Gasteiger partial charge in [-0.2, -0.15) is 5.10 Å². The zero-order valence-corrected chi connectivity index (χ0v) is 13.3. The molecule has 3 heterocycles. The smallest absolute Gasteiger partial charge is 0.240 e. The summed E-state index contributed by atoms with van der Waals surface area (Å²) in [5.74, 6) is 0.130. The molecule has 1 aromatic rings. The predicted molar refractivity (Wildman–Crippen MR) is 80.8 cm³/mol. The van der Waals surface area contributed by atoms with E-state index in [0.29, 0.717) is 6.54 Å². The summed E-state index contributed by atoms with van der Waals surface area (Å²) in [6.45, 7) is 5.69. The van der Waals surface area contributed by atoms with Crippen LogP contribution in [0.1, 0.15) is 25.8 Å². The van der Waals surface area contributed by atoms with Crippen LogP contribution >= 0.6 is 0 Å². The van der Waals surface area contributed by atoms with E-state index in [1.807, 2.05) is 31.3 Å². The molecule has 0 spiro atoms. The molecular weight excluding hydrogens is 282 g/mol. The molecule has 2 aliphatic rings. The van der Waals surface area contributed by atoms with Gasteiger partial charge in [0.15, 0.2) is 0 Å². The molecule has 0 saturated carbocycles. The zero-order valence-electron chi connectivity index (χ0n) is 13.3. The fraction of sp³-hybridized carbons (Fsp3) is 0.667. The SMILES string of the molecule is CC(=O)N[C@H]1C[C@H]2CN(Cc3cnn(C)c3)[C@@H](C)C(=O)N2C1. The van der Waals surface area contributed by atoms with E-state index in [0.717, 1.165) is 25.1 Å². The van der Waals surface area contributed by atoms with Gasteiger partial charge in [0.1, 0.15) is 0 Å². The van der Waals surface area contributed by atoms with Crippen molar-refractivity contribution < 1.29 is 9.59 Å². The van der Waals surface area contributed by atoms with Gasteiger partial charge in [0.05, 0.1) is 12.2 Å². The summed E-state index contributed by atoms with van der Waals surface area (Å²) in [5.41, 5.74) is 1.12. The van der Waals surface area contributed by atoms with Crippen molar-refractivity contribution in [3.8, 4) is 0 Å². The van der Waals surface area contributed by atoms with Crippen molar-refractivity contribution >= 4 is 11.8 Å². The van der Waals surface area contributed by atoms with E-state index in [1.54, 1.807) is 4.68 Å². The van der Waals surface area contributed by atoms with Crippen molar-refractivity contribution in [3.05, 3.63) is 18.0 Å². The highest BCUT2D eigenvalue weighted by Gasteiger charge is 2.43. The first-order chi connectivity index (χ1) is 10.4. The number of piperazine rings is 1. The molecule has 1 aromatic heterocycles. The van der Waals surface area contributed by atoms with Crippen molar-refractivity contribution in [1.82, 2.24) is 24.9 Å². The first kappa shape index (κ1) is 15.0. The minimum Gasteiger partial charge on any atom is -0.352 e. The van der Waals surface area contributed by atoms with Gasteiger partial charge in [-0.05, 0) is 13.3 Å². The maximum Gasteiger partial charge on any atom is 0.240 e. The average molecular weight is 305 g/mol. The fourth-order valence-corrected chi connectivity index (χ4v) is 3.57. The van der Waals surface area contributed by atoms with Gasteiger partial charge >= 0.3 is 0 Å². The molecule has 0 aromatic carbocycles. The Labute approximate surface area is 130 Å². The molecule has 7 nitrogen and oxygen atoms in total. The fourth-order valence-electron chi connectivity index (χ4n) is 3.57. The quantitative estimate of drug-likeness (QED) is 0.834. The molecule has 3 rings (SSSR count). The number of carbonyl (C=O) groups is 2. The summed E-state index contributed by atoms with van der Waals surface area (Å²) >= 11 is 0. The first-order valence-corrected chi connectivity index (χ1v) is 7.73. The van der Waals surface area contributed by atoms with Crippen molar-refractivity contribution in [2.45, 2.75) is 44.9 Å². The van der Waals surface area contributed by atoms with Gasteiger partial charge in [0.25, 0.3) is 0 Å². The Hall–Kier alpha value is -1.89. The van der Waals surface area contributed by atoms with Gasteiger partial charge in [0, 0.05) is 57.4 Å². The Bertz CT molecular complexity index is 584. The van der Waals surface area contributed by atoms with Crippen LogP contribution in [0.4, 0.5) is 0 Å². The molecule has 0 aliphatic carbocycles. The number of aryl methyl sites for hydroxylation is 1. The van der Waals surface area contributed by atoms with Gasteiger partial charge in [-0.15, -0.1) is 0 Å². The number of aromatic nitrogens is 2. The monoisotopic (exact) mass is 305 g/mol. The lowest BCUT2D eigenvalue weighted by molar-refractivity contribution is -0.143. The van der Waals surface area contributed by atoms with Crippen LogP contribution < -0.4 is 5.32 Å². The Morgan fingerprint density at radius 3 is 2.86 bits per heavy atom. The maximum absolute atomic E-state index is 12.6. The molecule has 0 radical (unpaired) electrons. The van der Waals surface area contributed by atoms with Crippen molar-refractivity contribution in [2.75, 3.05) is 13.1 Å². The summed E-state index contributed by atoms with van der Waals surface area (Å²) in [7, 11) is 1.89. The third-order valence-electron chi connectivity index (χ3n) is 4.60. The second-order valence-electron chi connectivity index (χ2n) is 6.41. The number of hydrogen-bond acceptors (Lipinski definition) is 4. The lowest BCUT2D eigenvalue weighted by Gasteiger charge is -2.41.